The van der Waals surface area contributed by atoms with Crippen LogP contribution in [0.5, 0.6) is 0 Å². The van der Waals surface area contributed by atoms with Gasteiger partial charge in [-0.25, -0.2) is 0 Å². The minimum atomic E-state index is -0.405. The first-order valence-electron chi connectivity index (χ1n) is 8.01. The molecule has 3 amide bonds. The summed E-state index contributed by atoms with van der Waals surface area (Å²) in [5, 5.41) is 8.01. The van der Waals surface area contributed by atoms with Gasteiger partial charge in [0.05, 0.1) is 0 Å². The first-order valence-corrected chi connectivity index (χ1v) is 8.01. The second-order valence-electron chi connectivity index (χ2n) is 5.57. The van der Waals surface area contributed by atoms with Gasteiger partial charge in [0.1, 0.15) is 6.42 Å². The summed E-state index contributed by atoms with van der Waals surface area (Å²) in [6, 6.07) is 16.5. The van der Waals surface area contributed by atoms with Gasteiger partial charge < -0.3 is 16.0 Å². The van der Waals surface area contributed by atoms with E-state index in [9.17, 15) is 14.4 Å². The van der Waals surface area contributed by atoms with E-state index in [1.807, 2.05) is 30.3 Å². The van der Waals surface area contributed by atoms with Gasteiger partial charge in [-0.05, 0) is 30.2 Å². The molecule has 2 aromatic carbocycles. The number of amides is 3. The highest BCUT2D eigenvalue weighted by Gasteiger charge is 2.09. The number of rotatable bonds is 7. The van der Waals surface area contributed by atoms with Crippen molar-refractivity contribution in [1.82, 2.24) is 5.32 Å². The lowest BCUT2D eigenvalue weighted by molar-refractivity contribution is -0.126. The van der Waals surface area contributed by atoms with Gasteiger partial charge in [0, 0.05) is 24.8 Å². The van der Waals surface area contributed by atoms with E-state index < -0.39 is 5.91 Å². The smallest absolute Gasteiger partial charge is 0.233 e. The van der Waals surface area contributed by atoms with Crippen molar-refractivity contribution in [3.05, 3.63) is 60.2 Å². The zero-order chi connectivity index (χ0) is 18.1. The molecule has 0 saturated carbocycles. The average molecular weight is 339 g/mol. The van der Waals surface area contributed by atoms with Crippen LogP contribution in [0.2, 0.25) is 0 Å². The van der Waals surface area contributed by atoms with E-state index in [0.717, 1.165) is 5.56 Å². The lowest BCUT2D eigenvalue weighted by Crippen LogP contribution is -2.29. The number of carbonyl (C=O) groups excluding carboxylic acids is 3. The van der Waals surface area contributed by atoms with Crippen molar-refractivity contribution in [1.29, 1.82) is 0 Å². The Morgan fingerprint density at radius 2 is 1.52 bits per heavy atom. The Labute approximate surface area is 146 Å². The Morgan fingerprint density at radius 1 is 0.840 bits per heavy atom. The third-order valence-electron chi connectivity index (χ3n) is 3.37. The molecular formula is C19H21N3O3. The van der Waals surface area contributed by atoms with Crippen LogP contribution in [0.25, 0.3) is 0 Å². The molecule has 0 saturated heterocycles. The first-order chi connectivity index (χ1) is 12.0. The fourth-order valence-corrected chi connectivity index (χ4v) is 2.28. The predicted octanol–water partition coefficient (Wildman–Crippen LogP) is 2.33. The van der Waals surface area contributed by atoms with Crippen LogP contribution in [-0.2, 0) is 20.8 Å². The zero-order valence-corrected chi connectivity index (χ0v) is 14.0. The highest BCUT2D eigenvalue weighted by Crippen LogP contribution is 2.15. The van der Waals surface area contributed by atoms with Crippen molar-refractivity contribution in [3.8, 4) is 0 Å². The second-order valence-corrected chi connectivity index (χ2v) is 5.57. The summed E-state index contributed by atoms with van der Waals surface area (Å²) in [4.78, 5) is 34.8. The molecule has 0 fully saturated rings. The van der Waals surface area contributed by atoms with Gasteiger partial charge in [0.25, 0.3) is 0 Å². The molecule has 0 unspecified atom stereocenters. The minimum Gasteiger partial charge on any atom is -0.355 e. The molecular weight excluding hydrogens is 318 g/mol. The normalized spacial score (nSPS) is 9.96. The van der Waals surface area contributed by atoms with Gasteiger partial charge in [-0.1, -0.05) is 36.4 Å². The Balaban J connectivity index is 1.75. The topological polar surface area (TPSA) is 87.3 Å². The van der Waals surface area contributed by atoms with Gasteiger partial charge in [0.2, 0.25) is 17.7 Å². The van der Waals surface area contributed by atoms with Crippen molar-refractivity contribution in [2.75, 3.05) is 17.2 Å². The lowest BCUT2D eigenvalue weighted by Gasteiger charge is -2.08. The Bertz CT molecular complexity index is 745. The van der Waals surface area contributed by atoms with E-state index in [2.05, 4.69) is 16.0 Å². The fourth-order valence-electron chi connectivity index (χ4n) is 2.28. The van der Waals surface area contributed by atoms with E-state index in [-0.39, 0.29) is 18.2 Å². The summed E-state index contributed by atoms with van der Waals surface area (Å²) in [7, 11) is 0. The van der Waals surface area contributed by atoms with Crippen LogP contribution in [0.1, 0.15) is 18.9 Å². The highest BCUT2D eigenvalue weighted by molar-refractivity contribution is 6.03. The summed E-state index contributed by atoms with van der Waals surface area (Å²) < 4.78 is 0. The second kappa shape index (κ2) is 9.22. The molecule has 25 heavy (non-hydrogen) atoms. The lowest BCUT2D eigenvalue weighted by atomic mass is 10.1. The number of hydrogen-bond donors (Lipinski definition) is 3. The monoisotopic (exact) mass is 339 g/mol. The van der Waals surface area contributed by atoms with Gasteiger partial charge in [-0.15, -0.1) is 0 Å². The van der Waals surface area contributed by atoms with Gasteiger partial charge >= 0.3 is 0 Å². The molecule has 0 aliphatic heterocycles. The van der Waals surface area contributed by atoms with Crippen molar-refractivity contribution in [2.45, 2.75) is 19.8 Å². The summed E-state index contributed by atoms with van der Waals surface area (Å²) in [6.07, 6.45) is 0.464. The fraction of sp³-hybridized carbons (Fsp3) is 0.211. The first kappa shape index (κ1) is 18.2. The van der Waals surface area contributed by atoms with Gasteiger partial charge in [-0.3, -0.25) is 14.4 Å². The van der Waals surface area contributed by atoms with Crippen LogP contribution in [0.15, 0.2) is 54.6 Å². The maximum Gasteiger partial charge on any atom is 0.233 e. The minimum absolute atomic E-state index is 0.193. The molecule has 0 aromatic heterocycles. The third kappa shape index (κ3) is 6.87. The summed E-state index contributed by atoms with van der Waals surface area (Å²) >= 11 is 0. The van der Waals surface area contributed by atoms with E-state index in [0.29, 0.717) is 24.3 Å². The van der Waals surface area contributed by atoms with Crippen LogP contribution < -0.4 is 16.0 Å². The molecule has 0 bridgehead atoms. The van der Waals surface area contributed by atoms with Crippen molar-refractivity contribution < 1.29 is 14.4 Å². The molecule has 6 heteroatoms. The van der Waals surface area contributed by atoms with Crippen molar-refractivity contribution in [3.63, 3.8) is 0 Å². The molecule has 0 aliphatic carbocycles. The zero-order valence-electron chi connectivity index (χ0n) is 14.0. The van der Waals surface area contributed by atoms with Crippen molar-refractivity contribution in [2.24, 2.45) is 0 Å². The number of benzene rings is 2. The van der Waals surface area contributed by atoms with Crippen LogP contribution in [0.4, 0.5) is 11.4 Å². The molecule has 0 heterocycles. The van der Waals surface area contributed by atoms with E-state index >= 15 is 0 Å². The Hall–Kier alpha value is -3.15. The summed E-state index contributed by atoms with van der Waals surface area (Å²) in [6.45, 7) is 1.89. The average Bonchev–Trinajstić information content (AvgIpc) is 2.55. The molecule has 2 aromatic rings. The van der Waals surface area contributed by atoms with Crippen molar-refractivity contribution >= 4 is 29.1 Å². The van der Waals surface area contributed by atoms with Crippen LogP contribution in [0.3, 0.4) is 0 Å². The number of carbonyl (C=O) groups is 3. The molecule has 0 atom stereocenters. The number of anilines is 2. The maximum absolute atomic E-state index is 11.9. The summed E-state index contributed by atoms with van der Waals surface area (Å²) in [5.74, 6) is -0.926. The molecule has 130 valence electrons. The predicted molar refractivity (Wildman–Crippen MR) is 97.1 cm³/mol. The Kier molecular flexibility index (Phi) is 6.71. The third-order valence-corrected chi connectivity index (χ3v) is 3.37. The quantitative estimate of drug-likeness (QED) is 0.677. The van der Waals surface area contributed by atoms with E-state index in [4.69, 9.17) is 0 Å². The highest BCUT2D eigenvalue weighted by atomic mass is 16.2. The molecule has 3 N–H and O–H groups in total. The standard InChI is InChI=1S/C19H21N3O3/c1-14(23)21-16-8-5-9-17(12-16)22-19(25)13-18(24)20-11-10-15-6-3-2-4-7-15/h2-9,12H,10-11,13H2,1H3,(H,20,24)(H,21,23)(H,22,25). The summed E-state index contributed by atoms with van der Waals surface area (Å²) in [5.41, 5.74) is 2.23. The van der Waals surface area contributed by atoms with Crippen LogP contribution in [0, 0.1) is 0 Å². The number of nitrogens with one attached hydrogen (secondary N) is 3. The molecule has 0 aliphatic rings. The Morgan fingerprint density at radius 3 is 2.20 bits per heavy atom. The number of hydrogen-bond acceptors (Lipinski definition) is 3. The van der Waals surface area contributed by atoms with Crippen LogP contribution >= 0.6 is 0 Å². The van der Waals surface area contributed by atoms with Crippen LogP contribution in [-0.4, -0.2) is 24.3 Å². The molecule has 2 rings (SSSR count). The van der Waals surface area contributed by atoms with Gasteiger partial charge in [-0.2, -0.15) is 0 Å². The largest absolute Gasteiger partial charge is 0.355 e. The van der Waals surface area contributed by atoms with E-state index in [1.165, 1.54) is 6.92 Å². The van der Waals surface area contributed by atoms with E-state index in [1.54, 1.807) is 24.3 Å². The SMILES string of the molecule is CC(=O)Nc1cccc(NC(=O)CC(=O)NCCc2ccccc2)c1. The molecule has 6 nitrogen and oxygen atoms in total. The molecule has 0 radical (unpaired) electrons. The molecule has 0 spiro atoms. The maximum atomic E-state index is 11.9. The van der Waals surface area contributed by atoms with Gasteiger partial charge in [0.15, 0.2) is 0 Å².